The number of rotatable bonds is 4. The van der Waals surface area contributed by atoms with Gasteiger partial charge in [0.2, 0.25) is 5.91 Å². The highest BCUT2D eigenvalue weighted by atomic mass is 79.9. The van der Waals surface area contributed by atoms with Crippen molar-refractivity contribution >= 4 is 34.2 Å². The zero-order chi connectivity index (χ0) is 17.5. The third-order valence-electron chi connectivity index (χ3n) is 5.89. The maximum atomic E-state index is 13.0. The maximum absolute atomic E-state index is 13.0. The molecule has 1 saturated heterocycles. The Labute approximate surface area is 164 Å². The molecule has 2 fully saturated rings. The number of nitrogens with two attached hydrogens (primary N) is 1. The molecule has 1 saturated carbocycles. The van der Waals surface area contributed by atoms with Gasteiger partial charge >= 0.3 is 0 Å². The van der Waals surface area contributed by atoms with Crippen LogP contribution in [-0.4, -0.2) is 30.2 Å². The highest BCUT2D eigenvalue weighted by Gasteiger charge is 2.70. The van der Waals surface area contributed by atoms with Gasteiger partial charge in [0, 0.05) is 28.5 Å². The van der Waals surface area contributed by atoms with E-state index in [1.807, 2.05) is 19.1 Å². The number of nitrogens with one attached hydrogen (secondary N) is 1. The molecule has 25 heavy (non-hydrogen) atoms. The van der Waals surface area contributed by atoms with Crippen LogP contribution in [0.3, 0.4) is 0 Å². The molecule has 6 heteroatoms. The van der Waals surface area contributed by atoms with Crippen LogP contribution in [0.2, 0.25) is 0 Å². The van der Waals surface area contributed by atoms with Gasteiger partial charge in [-0.25, -0.2) is 0 Å². The van der Waals surface area contributed by atoms with Crippen LogP contribution >= 0.6 is 28.3 Å². The first-order valence-corrected chi connectivity index (χ1v) is 9.52. The first-order valence-electron chi connectivity index (χ1n) is 8.72. The second-order valence-electron chi connectivity index (χ2n) is 7.84. The second-order valence-corrected chi connectivity index (χ2v) is 8.75. The topological polar surface area (TPSA) is 64.4 Å². The van der Waals surface area contributed by atoms with E-state index in [1.165, 1.54) is 5.56 Å². The van der Waals surface area contributed by atoms with Crippen molar-refractivity contribution in [3.8, 4) is 0 Å². The number of carbonyl (C=O) groups excluding carboxylic acids is 1. The number of hydrogen-bond acceptors (Lipinski definition) is 3. The van der Waals surface area contributed by atoms with E-state index >= 15 is 0 Å². The number of fused-ring (bicyclic) bond motifs is 1. The van der Waals surface area contributed by atoms with E-state index in [2.05, 4.69) is 47.2 Å². The summed E-state index contributed by atoms with van der Waals surface area (Å²) < 4.78 is 6.94. The zero-order valence-corrected chi connectivity index (χ0v) is 17.5. The van der Waals surface area contributed by atoms with Crippen molar-refractivity contribution in [1.29, 1.82) is 0 Å². The Morgan fingerprint density at radius 2 is 2.04 bits per heavy atom. The van der Waals surface area contributed by atoms with Crippen LogP contribution in [-0.2, 0) is 16.0 Å². The fraction of sp³-hybridized carbons (Fsp3) is 0.632. The summed E-state index contributed by atoms with van der Waals surface area (Å²) in [5, 5.41) is 3.14. The smallest absolute Gasteiger partial charge is 0.241 e. The van der Waals surface area contributed by atoms with Crippen LogP contribution < -0.4 is 11.1 Å². The number of amides is 1. The van der Waals surface area contributed by atoms with E-state index in [0.717, 1.165) is 30.3 Å². The number of benzene rings is 1. The molecule has 140 valence electrons. The standard InChI is InChI=1S/C19H27BrN2O2.ClH/c1-12(11-13-6-8-14(20)9-7-13)22-17(23)19(21)15-5-4-10-24-16(15)18(19,2)3;/h6-9,12,15-16H,4-5,10-11,21H2,1-3H3,(H,22,23);1H. The highest BCUT2D eigenvalue weighted by molar-refractivity contribution is 9.10. The van der Waals surface area contributed by atoms with Crippen molar-refractivity contribution in [2.45, 2.75) is 57.7 Å². The van der Waals surface area contributed by atoms with Gasteiger partial charge in [-0.3, -0.25) is 4.79 Å². The molecule has 1 heterocycles. The van der Waals surface area contributed by atoms with Gasteiger partial charge in [-0.1, -0.05) is 41.9 Å². The lowest BCUT2D eigenvalue weighted by atomic mass is 9.46. The van der Waals surface area contributed by atoms with Crippen molar-refractivity contribution in [2.75, 3.05) is 6.61 Å². The fourth-order valence-corrected chi connectivity index (χ4v) is 4.67. The molecule has 1 aromatic carbocycles. The molecular weight excluding hydrogens is 404 g/mol. The second kappa shape index (κ2) is 7.55. The molecule has 0 aromatic heterocycles. The average molecular weight is 432 g/mol. The molecule has 1 amide bonds. The van der Waals surface area contributed by atoms with Crippen molar-refractivity contribution in [1.82, 2.24) is 5.32 Å². The summed E-state index contributed by atoms with van der Waals surface area (Å²) >= 11 is 3.44. The Kier molecular flexibility index (Phi) is 6.25. The normalized spacial score (nSPS) is 31.1. The van der Waals surface area contributed by atoms with E-state index < -0.39 is 5.54 Å². The molecular formula is C19H28BrClN2O2. The summed E-state index contributed by atoms with van der Waals surface area (Å²) in [4.78, 5) is 13.0. The Bertz CT molecular complexity index is 622. The molecule has 1 aliphatic carbocycles. The lowest BCUT2D eigenvalue weighted by Gasteiger charge is -2.65. The summed E-state index contributed by atoms with van der Waals surface area (Å²) in [6.07, 6.45) is 2.85. The molecule has 0 radical (unpaired) electrons. The monoisotopic (exact) mass is 430 g/mol. The molecule has 1 aromatic rings. The molecule has 4 nitrogen and oxygen atoms in total. The molecule has 2 aliphatic rings. The van der Waals surface area contributed by atoms with E-state index in [4.69, 9.17) is 10.5 Å². The van der Waals surface area contributed by atoms with Gasteiger partial charge < -0.3 is 15.8 Å². The largest absolute Gasteiger partial charge is 0.377 e. The quantitative estimate of drug-likeness (QED) is 0.767. The predicted octanol–water partition coefficient (Wildman–Crippen LogP) is 3.45. The van der Waals surface area contributed by atoms with Crippen LogP contribution in [0.4, 0.5) is 0 Å². The minimum Gasteiger partial charge on any atom is -0.377 e. The lowest BCUT2D eigenvalue weighted by molar-refractivity contribution is -0.225. The highest BCUT2D eigenvalue weighted by Crippen LogP contribution is 2.57. The van der Waals surface area contributed by atoms with Gasteiger partial charge in [0.05, 0.1) is 6.10 Å². The van der Waals surface area contributed by atoms with Gasteiger partial charge in [-0.05, 0) is 43.9 Å². The number of carbonyl (C=O) groups is 1. The summed E-state index contributed by atoms with van der Waals surface area (Å²) in [6, 6.07) is 8.23. The maximum Gasteiger partial charge on any atom is 0.241 e. The molecule has 0 bridgehead atoms. The zero-order valence-electron chi connectivity index (χ0n) is 15.0. The third kappa shape index (κ3) is 3.48. The molecule has 3 N–H and O–H groups in total. The fourth-order valence-electron chi connectivity index (χ4n) is 4.41. The first-order chi connectivity index (χ1) is 11.3. The minimum absolute atomic E-state index is 0. The van der Waals surface area contributed by atoms with E-state index in [-0.39, 0.29) is 41.8 Å². The van der Waals surface area contributed by atoms with Crippen LogP contribution in [0.15, 0.2) is 28.7 Å². The van der Waals surface area contributed by atoms with Crippen LogP contribution in [0.25, 0.3) is 0 Å². The number of hydrogen-bond donors (Lipinski definition) is 2. The van der Waals surface area contributed by atoms with Gasteiger partial charge in [-0.2, -0.15) is 0 Å². The van der Waals surface area contributed by atoms with E-state index in [9.17, 15) is 4.79 Å². The number of ether oxygens (including phenoxy) is 1. The lowest BCUT2D eigenvalue weighted by Crippen LogP contribution is -2.82. The summed E-state index contributed by atoms with van der Waals surface area (Å²) in [5.74, 6) is 0.0880. The average Bonchev–Trinajstić information content (AvgIpc) is 2.56. The van der Waals surface area contributed by atoms with Gasteiger partial charge in [0.1, 0.15) is 5.54 Å². The van der Waals surface area contributed by atoms with Crippen LogP contribution in [0, 0.1) is 11.3 Å². The van der Waals surface area contributed by atoms with Gasteiger partial charge in [0.15, 0.2) is 0 Å². The van der Waals surface area contributed by atoms with Crippen LogP contribution in [0.1, 0.15) is 39.2 Å². The van der Waals surface area contributed by atoms with E-state index in [1.54, 1.807) is 0 Å². The summed E-state index contributed by atoms with van der Waals surface area (Å²) in [7, 11) is 0. The molecule has 4 unspecified atom stereocenters. The molecule has 3 rings (SSSR count). The first kappa shape index (κ1) is 20.7. The van der Waals surface area contributed by atoms with Crippen molar-refractivity contribution < 1.29 is 9.53 Å². The van der Waals surface area contributed by atoms with Crippen molar-refractivity contribution in [3.63, 3.8) is 0 Å². The Hall–Kier alpha value is -0.620. The third-order valence-corrected chi connectivity index (χ3v) is 6.42. The summed E-state index contributed by atoms with van der Waals surface area (Å²) in [5.41, 5.74) is 6.66. The predicted molar refractivity (Wildman–Crippen MR) is 106 cm³/mol. The Balaban J connectivity index is 0.00000225. The van der Waals surface area contributed by atoms with Crippen LogP contribution in [0.5, 0.6) is 0 Å². The SMILES string of the molecule is CC(Cc1ccc(Br)cc1)NC(=O)C1(N)C2CCCOC2C1(C)C.Cl. The molecule has 4 atom stereocenters. The Morgan fingerprint density at radius 1 is 1.40 bits per heavy atom. The van der Waals surface area contributed by atoms with E-state index in [0.29, 0.717) is 0 Å². The number of halogens is 2. The minimum atomic E-state index is -0.841. The van der Waals surface area contributed by atoms with Crippen molar-refractivity contribution in [2.24, 2.45) is 17.1 Å². The molecule has 1 aliphatic heterocycles. The van der Waals surface area contributed by atoms with Crippen molar-refractivity contribution in [3.05, 3.63) is 34.3 Å². The van der Waals surface area contributed by atoms with Gasteiger partial charge in [0.25, 0.3) is 0 Å². The summed E-state index contributed by atoms with van der Waals surface area (Å²) in [6.45, 7) is 6.92. The molecule has 0 spiro atoms. The van der Waals surface area contributed by atoms with Gasteiger partial charge in [-0.15, -0.1) is 12.4 Å². The Morgan fingerprint density at radius 3 is 2.68 bits per heavy atom.